The van der Waals surface area contributed by atoms with E-state index in [0.29, 0.717) is 30.4 Å². The predicted molar refractivity (Wildman–Crippen MR) is 157 cm³/mol. The summed E-state index contributed by atoms with van der Waals surface area (Å²) in [4.78, 5) is 64.3. The Hall–Kier alpha value is -4.97. The summed E-state index contributed by atoms with van der Waals surface area (Å²) < 4.78 is 0. The number of aliphatic imine (C=N–C) groups is 1. The zero-order valence-electron chi connectivity index (χ0n) is 22.7. The van der Waals surface area contributed by atoms with Gasteiger partial charge in [0.1, 0.15) is 6.04 Å². The van der Waals surface area contributed by atoms with Crippen LogP contribution in [0.15, 0.2) is 59.9 Å². The summed E-state index contributed by atoms with van der Waals surface area (Å²) in [5.74, 6) is -1.62. The third-order valence-electron chi connectivity index (χ3n) is 7.69. The standard InChI is InChI=1S/C30H30N8O4/c31-13-18(25-16-35-22-3-1-2-4-23(22)36-25)15-34-24-11-17(24)14-32-9-10-33-19-5-6-20-21(12-19)30(42)38(29(20)41)26-7-8-27(39)37-28(26)40/h1-6,12-13,15-17,24,26,32-33H,7-11,14,31H2,(H,37,39,40). The number of rotatable bonds is 10. The fourth-order valence-corrected chi connectivity index (χ4v) is 5.26. The minimum atomic E-state index is -0.975. The molecular formula is C30H30N8O4. The number of nitrogens with two attached hydrogens (primary N) is 1. The molecule has 214 valence electrons. The molecule has 3 heterocycles. The first-order valence-corrected chi connectivity index (χ1v) is 13.9. The number of allylic oxidation sites excluding steroid dienone is 1. The number of aromatic nitrogens is 2. The van der Waals surface area contributed by atoms with Crippen molar-refractivity contribution in [2.24, 2.45) is 16.6 Å². The number of benzene rings is 2. The molecule has 1 aliphatic carbocycles. The lowest BCUT2D eigenvalue weighted by Crippen LogP contribution is -2.54. The van der Waals surface area contributed by atoms with Gasteiger partial charge in [-0.05, 0) is 49.1 Å². The highest BCUT2D eigenvalue weighted by Gasteiger charge is 2.44. The molecule has 12 heteroatoms. The molecule has 4 amide bonds. The number of hydrogen-bond donors (Lipinski definition) is 4. The van der Waals surface area contributed by atoms with E-state index < -0.39 is 29.7 Å². The monoisotopic (exact) mass is 566 g/mol. The molecule has 6 rings (SSSR count). The van der Waals surface area contributed by atoms with Crippen LogP contribution in [0.5, 0.6) is 0 Å². The first kappa shape index (κ1) is 27.2. The summed E-state index contributed by atoms with van der Waals surface area (Å²) in [6, 6.07) is 11.9. The average molecular weight is 567 g/mol. The minimum absolute atomic E-state index is 0.0872. The van der Waals surface area contributed by atoms with E-state index in [1.165, 1.54) is 6.20 Å². The second-order valence-corrected chi connectivity index (χ2v) is 10.5. The SMILES string of the molecule is NC=C(C=NC1CC1CNCCNc1ccc2c(c1)C(=O)N(C1CCC(=O)NC1=O)C2=O)c1cnc2ccccc2n1. The van der Waals surface area contributed by atoms with Crippen LogP contribution in [0.2, 0.25) is 0 Å². The Kier molecular flexibility index (Phi) is 7.44. The van der Waals surface area contributed by atoms with Crippen molar-refractivity contribution in [2.75, 3.05) is 25.0 Å². The maximum Gasteiger partial charge on any atom is 0.262 e. The Morgan fingerprint density at radius 1 is 1.07 bits per heavy atom. The van der Waals surface area contributed by atoms with Crippen LogP contribution < -0.4 is 21.7 Å². The predicted octanol–water partition coefficient (Wildman–Crippen LogP) is 1.49. The van der Waals surface area contributed by atoms with Crippen LogP contribution in [0.4, 0.5) is 5.69 Å². The lowest BCUT2D eigenvalue weighted by molar-refractivity contribution is -0.136. The van der Waals surface area contributed by atoms with E-state index in [1.54, 1.807) is 30.6 Å². The maximum absolute atomic E-state index is 13.0. The minimum Gasteiger partial charge on any atom is -0.404 e. The molecule has 2 aliphatic heterocycles. The molecule has 3 aromatic rings. The van der Waals surface area contributed by atoms with Crippen molar-refractivity contribution in [1.82, 2.24) is 25.5 Å². The van der Waals surface area contributed by atoms with E-state index >= 15 is 0 Å². The average Bonchev–Trinajstić information content (AvgIpc) is 3.70. The van der Waals surface area contributed by atoms with E-state index in [0.717, 1.165) is 34.5 Å². The van der Waals surface area contributed by atoms with Gasteiger partial charge in [0.05, 0.1) is 40.1 Å². The van der Waals surface area contributed by atoms with Crippen LogP contribution in [0, 0.1) is 5.92 Å². The van der Waals surface area contributed by atoms with Crippen LogP contribution in [0.1, 0.15) is 45.7 Å². The van der Waals surface area contributed by atoms with E-state index in [1.807, 2.05) is 24.3 Å². The fourth-order valence-electron chi connectivity index (χ4n) is 5.26. The number of imide groups is 2. The van der Waals surface area contributed by atoms with Crippen LogP contribution in [0.3, 0.4) is 0 Å². The Balaban J connectivity index is 0.952. The second-order valence-electron chi connectivity index (χ2n) is 10.5. The molecule has 1 saturated heterocycles. The molecule has 1 aromatic heterocycles. The molecule has 42 heavy (non-hydrogen) atoms. The van der Waals surface area contributed by atoms with Crippen molar-refractivity contribution in [3.63, 3.8) is 0 Å². The number of carbonyl (C=O) groups excluding carboxylic acids is 4. The molecule has 3 atom stereocenters. The molecule has 3 aliphatic rings. The largest absolute Gasteiger partial charge is 0.404 e. The Labute approximate surface area is 241 Å². The number of fused-ring (bicyclic) bond motifs is 2. The highest BCUT2D eigenvalue weighted by Crippen LogP contribution is 2.33. The molecule has 3 unspecified atom stereocenters. The topological polar surface area (TPSA) is 172 Å². The number of nitrogens with zero attached hydrogens (tertiary/aromatic N) is 4. The number of amides is 4. The van der Waals surface area contributed by atoms with Gasteiger partial charge < -0.3 is 16.4 Å². The summed E-state index contributed by atoms with van der Waals surface area (Å²) in [5, 5.41) is 8.90. The first-order chi connectivity index (χ1) is 20.4. The zero-order chi connectivity index (χ0) is 29.2. The number of para-hydroxylation sites is 2. The van der Waals surface area contributed by atoms with Gasteiger partial charge in [0.15, 0.2) is 0 Å². The van der Waals surface area contributed by atoms with Crippen molar-refractivity contribution >= 4 is 52.1 Å². The van der Waals surface area contributed by atoms with Crippen molar-refractivity contribution in [3.8, 4) is 0 Å². The second kappa shape index (κ2) is 11.5. The van der Waals surface area contributed by atoms with Crippen molar-refractivity contribution in [3.05, 3.63) is 71.7 Å². The van der Waals surface area contributed by atoms with Gasteiger partial charge in [-0.25, -0.2) is 4.98 Å². The van der Waals surface area contributed by atoms with Gasteiger partial charge in [-0.3, -0.25) is 39.4 Å². The summed E-state index contributed by atoms with van der Waals surface area (Å²) in [5.41, 5.74) is 10.1. The first-order valence-electron chi connectivity index (χ1n) is 13.9. The molecule has 0 radical (unpaired) electrons. The van der Waals surface area contributed by atoms with Gasteiger partial charge in [-0.1, -0.05) is 12.1 Å². The Bertz CT molecular complexity index is 1650. The van der Waals surface area contributed by atoms with Crippen molar-refractivity contribution in [2.45, 2.75) is 31.3 Å². The molecule has 0 bridgehead atoms. The van der Waals surface area contributed by atoms with Gasteiger partial charge >= 0.3 is 0 Å². The fraction of sp³-hybridized carbons (Fsp3) is 0.300. The molecule has 2 aromatic carbocycles. The molecule has 12 nitrogen and oxygen atoms in total. The van der Waals surface area contributed by atoms with Crippen LogP contribution in [-0.4, -0.2) is 76.4 Å². The number of hydrogen-bond acceptors (Lipinski definition) is 10. The molecular weight excluding hydrogens is 536 g/mol. The van der Waals surface area contributed by atoms with Gasteiger partial charge in [-0.15, -0.1) is 0 Å². The van der Waals surface area contributed by atoms with Gasteiger partial charge in [-0.2, -0.15) is 0 Å². The third-order valence-corrected chi connectivity index (χ3v) is 7.69. The Morgan fingerprint density at radius 3 is 2.69 bits per heavy atom. The lowest BCUT2D eigenvalue weighted by Gasteiger charge is -2.27. The van der Waals surface area contributed by atoms with E-state index in [9.17, 15) is 19.2 Å². The van der Waals surface area contributed by atoms with Crippen molar-refractivity contribution in [1.29, 1.82) is 0 Å². The van der Waals surface area contributed by atoms with Gasteiger partial charge in [0, 0.05) is 49.7 Å². The van der Waals surface area contributed by atoms with Crippen LogP contribution >= 0.6 is 0 Å². The molecule has 2 fully saturated rings. The number of nitrogens with one attached hydrogen (secondary N) is 3. The molecule has 5 N–H and O–H groups in total. The highest BCUT2D eigenvalue weighted by atomic mass is 16.2. The molecule has 1 saturated carbocycles. The van der Waals surface area contributed by atoms with Crippen LogP contribution in [-0.2, 0) is 9.59 Å². The van der Waals surface area contributed by atoms with E-state index in [-0.39, 0.29) is 30.0 Å². The van der Waals surface area contributed by atoms with Gasteiger partial charge in [0.25, 0.3) is 11.8 Å². The summed E-state index contributed by atoms with van der Waals surface area (Å²) in [6.07, 6.45) is 6.18. The summed E-state index contributed by atoms with van der Waals surface area (Å²) in [7, 11) is 0. The van der Waals surface area contributed by atoms with E-state index in [4.69, 9.17) is 5.73 Å². The maximum atomic E-state index is 13.0. The number of piperidine rings is 1. The van der Waals surface area contributed by atoms with Crippen LogP contribution in [0.25, 0.3) is 16.6 Å². The van der Waals surface area contributed by atoms with E-state index in [2.05, 4.69) is 30.9 Å². The zero-order valence-corrected chi connectivity index (χ0v) is 22.7. The smallest absolute Gasteiger partial charge is 0.262 e. The lowest BCUT2D eigenvalue weighted by atomic mass is 10.0. The number of anilines is 1. The van der Waals surface area contributed by atoms with Crippen molar-refractivity contribution < 1.29 is 19.2 Å². The highest BCUT2D eigenvalue weighted by molar-refractivity contribution is 6.23. The molecule has 0 spiro atoms. The normalized spacial score (nSPS) is 22.1. The number of carbonyl (C=O) groups is 4. The summed E-state index contributed by atoms with van der Waals surface area (Å²) >= 11 is 0. The third kappa shape index (κ3) is 5.48. The summed E-state index contributed by atoms with van der Waals surface area (Å²) in [6.45, 7) is 2.12. The quantitative estimate of drug-likeness (QED) is 0.161. The Morgan fingerprint density at radius 2 is 1.88 bits per heavy atom. The van der Waals surface area contributed by atoms with Gasteiger partial charge in [0.2, 0.25) is 11.8 Å².